The topological polar surface area (TPSA) is 115 Å². The molecule has 6 rings (SSSR count). The molecule has 4 aromatic rings. The highest BCUT2D eigenvalue weighted by Crippen LogP contribution is 2.38. The Bertz CT molecular complexity index is 1730. The number of aromatic nitrogens is 2. The minimum atomic E-state index is -0.739. The van der Waals surface area contributed by atoms with Gasteiger partial charge in [-0.2, -0.15) is 0 Å². The number of nitrogens with zero attached hydrogens (tertiary/aromatic N) is 2. The molecule has 0 spiro atoms. The summed E-state index contributed by atoms with van der Waals surface area (Å²) < 4.78 is 0. The smallest absolute Gasteiger partial charge is 0.307 e. The number of H-pyrrole nitrogens is 1. The van der Waals surface area contributed by atoms with Crippen LogP contribution in [-0.4, -0.2) is 51.5 Å². The van der Waals surface area contributed by atoms with E-state index in [1.807, 2.05) is 30.3 Å². The van der Waals surface area contributed by atoms with Crippen LogP contribution in [0.2, 0.25) is 0 Å². The van der Waals surface area contributed by atoms with Crippen LogP contribution in [0.5, 0.6) is 0 Å². The lowest BCUT2D eigenvalue weighted by atomic mass is 9.71. The van der Waals surface area contributed by atoms with Crippen LogP contribution in [0, 0.1) is 17.3 Å². The molecule has 1 aliphatic carbocycles. The second kappa shape index (κ2) is 12.9. The molecule has 9 heteroatoms. The number of hydrogen-bond donors (Lipinski definition) is 3. The van der Waals surface area contributed by atoms with Crippen LogP contribution < -0.4 is 10.9 Å². The molecular weight excluding hydrogens is 584 g/mol. The summed E-state index contributed by atoms with van der Waals surface area (Å²) in [5, 5.41) is 13.9. The van der Waals surface area contributed by atoms with E-state index in [9.17, 15) is 19.5 Å². The van der Waals surface area contributed by atoms with Crippen LogP contribution in [0.1, 0.15) is 79.0 Å². The first-order valence-corrected chi connectivity index (χ1v) is 16.8. The van der Waals surface area contributed by atoms with Gasteiger partial charge in [0.2, 0.25) is 5.56 Å². The molecule has 4 heterocycles. The van der Waals surface area contributed by atoms with E-state index in [1.165, 1.54) is 28.7 Å². The number of fused-ring (bicyclic) bond motifs is 2. The molecule has 3 N–H and O–H groups in total. The van der Waals surface area contributed by atoms with Crippen molar-refractivity contribution >= 4 is 33.4 Å². The Morgan fingerprint density at radius 1 is 1.11 bits per heavy atom. The first kappa shape index (κ1) is 31.2. The standard InChI is InChI=1S/C36H42N4O4S/c1-36(2,3)28-11-12-29-26(18-28)17-27-19-31(45-34(27)39-29)33(42)38-30(14-16-40-15-4-5-25(21-40)35(43)44)23-8-6-22(7-9-23)24-10-13-32(41)37-20-24/h6-10,13,17,19-20,25,28,30H,4-5,11-12,14-16,18,21H2,1-3H3,(H,37,41)(H,38,42)(H,43,44)/t25?,28-,30?/m0/s1. The van der Waals surface area contributed by atoms with Crippen LogP contribution in [0.4, 0.5) is 0 Å². The van der Waals surface area contributed by atoms with Gasteiger partial charge in [-0.3, -0.25) is 14.4 Å². The van der Waals surface area contributed by atoms with E-state index in [-0.39, 0.29) is 28.8 Å². The fourth-order valence-electron chi connectivity index (χ4n) is 6.80. The van der Waals surface area contributed by atoms with E-state index in [0.29, 0.717) is 36.7 Å². The van der Waals surface area contributed by atoms with Crippen molar-refractivity contribution < 1.29 is 14.7 Å². The molecule has 45 heavy (non-hydrogen) atoms. The summed E-state index contributed by atoms with van der Waals surface area (Å²) in [4.78, 5) is 48.4. The number of carboxylic acids is 1. The Balaban J connectivity index is 1.22. The number of aliphatic carboxylic acids is 1. The Morgan fingerprint density at radius 3 is 2.60 bits per heavy atom. The fourth-order valence-corrected chi connectivity index (χ4v) is 7.73. The van der Waals surface area contributed by atoms with E-state index < -0.39 is 5.97 Å². The first-order valence-electron chi connectivity index (χ1n) is 16.0. The molecule has 3 atom stereocenters. The third-order valence-corrected chi connectivity index (χ3v) is 10.7. The summed E-state index contributed by atoms with van der Waals surface area (Å²) in [6.45, 7) is 9.01. The van der Waals surface area contributed by atoms with Gasteiger partial charge < -0.3 is 20.3 Å². The van der Waals surface area contributed by atoms with Crippen LogP contribution in [0.15, 0.2) is 59.5 Å². The van der Waals surface area contributed by atoms with E-state index in [2.05, 4.69) is 42.0 Å². The molecule has 0 radical (unpaired) electrons. The number of carbonyl (C=O) groups excluding carboxylic acids is 1. The molecule has 3 aromatic heterocycles. The number of hydrogen-bond acceptors (Lipinski definition) is 6. The maximum Gasteiger partial charge on any atom is 0.307 e. The van der Waals surface area contributed by atoms with E-state index >= 15 is 0 Å². The Kier molecular flexibility index (Phi) is 8.93. The van der Waals surface area contributed by atoms with E-state index in [1.54, 1.807) is 12.3 Å². The molecule has 2 aliphatic rings. The normalized spacial score (nSPS) is 19.6. The van der Waals surface area contributed by atoms with Gasteiger partial charge in [-0.05, 0) is 96.9 Å². The largest absolute Gasteiger partial charge is 0.481 e. The zero-order valence-corrected chi connectivity index (χ0v) is 27.1. The zero-order chi connectivity index (χ0) is 31.7. The van der Waals surface area contributed by atoms with E-state index in [0.717, 1.165) is 59.1 Å². The number of pyridine rings is 2. The number of rotatable bonds is 8. The van der Waals surface area contributed by atoms with Gasteiger partial charge in [0.1, 0.15) is 4.83 Å². The van der Waals surface area contributed by atoms with Gasteiger partial charge in [-0.15, -0.1) is 11.3 Å². The number of nitrogens with one attached hydrogen (secondary N) is 2. The monoisotopic (exact) mass is 626 g/mol. The van der Waals surface area contributed by atoms with Gasteiger partial charge in [0.25, 0.3) is 5.91 Å². The number of aryl methyl sites for hydroxylation is 1. The van der Waals surface area contributed by atoms with Crippen molar-refractivity contribution in [2.45, 2.75) is 65.3 Å². The zero-order valence-electron chi connectivity index (χ0n) is 26.3. The lowest BCUT2D eigenvalue weighted by Crippen LogP contribution is -2.40. The number of thiophene rings is 1. The second-order valence-electron chi connectivity index (χ2n) is 13.8. The molecule has 0 saturated carbocycles. The predicted molar refractivity (Wildman–Crippen MR) is 179 cm³/mol. The molecule has 8 nitrogen and oxygen atoms in total. The number of likely N-dealkylation sites (tertiary alicyclic amines) is 1. The number of carbonyl (C=O) groups is 2. The van der Waals surface area contributed by atoms with Crippen LogP contribution in [0.25, 0.3) is 21.3 Å². The number of aromatic amines is 1. The van der Waals surface area contributed by atoms with Crippen LogP contribution >= 0.6 is 11.3 Å². The highest BCUT2D eigenvalue weighted by molar-refractivity contribution is 7.20. The molecule has 1 saturated heterocycles. The minimum absolute atomic E-state index is 0.125. The Labute approximate surface area is 267 Å². The third-order valence-electron chi connectivity index (χ3n) is 9.65. The number of carboxylic acid groups (broad SMARTS) is 1. The van der Waals surface area contributed by atoms with Gasteiger partial charge >= 0.3 is 5.97 Å². The summed E-state index contributed by atoms with van der Waals surface area (Å²) in [6.07, 6.45) is 7.05. The quantitative estimate of drug-likeness (QED) is 0.207. The summed E-state index contributed by atoms with van der Waals surface area (Å²) in [6, 6.07) is 15.3. The van der Waals surface area contributed by atoms with Gasteiger partial charge in [0.05, 0.1) is 16.8 Å². The van der Waals surface area contributed by atoms with Crippen LogP contribution in [-0.2, 0) is 17.6 Å². The number of amides is 1. The van der Waals surface area contributed by atoms with Gasteiger partial charge in [-0.1, -0.05) is 45.0 Å². The lowest BCUT2D eigenvalue weighted by molar-refractivity contribution is -0.143. The van der Waals surface area contributed by atoms with Gasteiger partial charge in [0.15, 0.2) is 0 Å². The lowest BCUT2D eigenvalue weighted by Gasteiger charge is -2.34. The number of piperidine rings is 1. The maximum absolute atomic E-state index is 13.8. The third kappa shape index (κ3) is 7.20. The van der Waals surface area contributed by atoms with Crippen molar-refractivity contribution in [3.63, 3.8) is 0 Å². The van der Waals surface area contributed by atoms with Crippen molar-refractivity contribution in [1.29, 1.82) is 0 Å². The summed E-state index contributed by atoms with van der Waals surface area (Å²) in [5.74, 6) is -0.594. The van der Waals surface area contributed by atoms with E-state index in [4.69, 9.17) is 4.98 Å². The van der Waals surface area contributed by atoms with Gasteiger partial charge in [-0.25, -0.2) is 4.98 Å². The number of benzene rings is 1. The average Bonchev–Trinajstić information content (AvgIpc) is 3.45. The Hall–Kier alpha value is -3.82. The fraction of sp³-hybridized carbons (Fsp3) is 0.444. The molecule has 0 bridgehead atoms. The maximum atomic E-state index is 13.8. The van der Waals surface area contributed by atoms with Crippen molar-refractivity contribution in [2.75, 3.05) is 19.6 Å². The van der Waals surface area contributed by atoms with Crippen molar-refractivity contribution in [3.05, 3.63) is 86.8 Å². The molecule has 1 aromatic carbocycles. The van der Waals surface area contributed by atoms with Crippen molar-refractivity contribution in [2.24, 2.45) is 17.3 Å². The molecule has 1 fully saturated rings. The molecule has 2 unspecified atom stereocenters. The average molecular weight is 627 g/mol. The summed E-state index contributed by atoms with van der Waals surface area (Å²) >= 11 is 1.44. The highest BCUT2D eigenvalue weighted by atomic mass is 32.1. The predicted octanol–water partition coefficient (Wildman–Crippen LogP) is 6.46. The second-order valence-corrected chi connectivity index (χ2v) is 14.8. The van der Waals surface area contributed by atoms with Crippen molar-refractivity contribution in [3.8, 4) is 11.1 Å². The van der Waals surface area contributed by atoms with Gasteiger partial charge in [0, 0.05) is 36.4 Å². The summed E-state index contributed by atoms with van der Waals surface area (Å²) in [5.41, 5.74) is 5.43. The molecule has 1 amide bonds. The molecule has 236 valence electrons. The first-order chi connectivity index (χ1) is 21.5. The molecule has 1 aliphatic heterocycles. The summed E-state index contributed by atoms with van der Waals surface area (Å²) in [7, 11) is 0. The molecular formula is C36H42N4O4S. The minimum Gasteiger partial charge on any atom is -0.481 e. The Morgan fingerprint density at radius 2 is 1.89 bits per heavy atom. The van der Waals surface area contributed by atoms with Crippen molar-refractivity contribution in [1.82, 2.24) is 20.2 Å². The van der Waals surface area contributed by atoms with Crippen LogP contribution in [0.3, 0.4) is 0 Å². The SMILES string of the molecule is CC(C)(C)[C@H]1CCc2nc3sc(C(=O)NC(CCN4CCCC(C(=O)O)C4)c4ccc(-c5ccc(=O)[nH]c5)cc4)cc3cc2C1. The highest BCUT2D eigenvalue weighted by Gasteiger charge is 2.30.